The summed E-state index contributed by atoms with van der Waals surface area (Å²) in [6.45, 7) is 1.27. The molecule has 21 heavy (non-hydrogen) atoms. The lowest BCUT2D eigenvalue weighted by molar-refractivity contribution is -0.387. The summed E-state index contributed by atoms with van der Waals surface area (Å²) in [7, 11) is -4.05. The van der Waals surface area contributed by atoms with E-state index >= 15 is 0 Å². The van der Waals surface area contributed by atoms with Crippen LogP contribution in [0.5, 0.6) is 0 Å². The molecule has 0 aliphatic carbocycles. The normalized spacial score (nSPS) is 12.9. The molecule has 116 valence electrons. The van der Waals surface area contributed by atoms with Gasteiger partial charge < -0.3 is 5.11 Å². The van der Waals surface area contributed by atoms with Crippen LogP contribution in [-0.4, -0.2) is 31.0 Å². The van der Waals surface area contributed by atoms with E-state index in [2.05, 4.69) is 4.72 Å². The number of hydrogen-bond donors (Lipinski definition) is 2. The average Bonchev–Trinajstić information content (AvgIpc) is 2.37. The van der Waals surface area contributed by atoms with E-state index in [9.17, 15) is 27.7 Å². The summed E-state index contributed by atoms with van der Waals surface area (Å²) in [5.74, 6) is -3.06. The molecule has 0 spiro atoms. The first-order chi connectivity index (χ1) is 9.65. The molecule has 1 rings (SSSR count). The summed E-state index contributed by atoms with van der Waals surface area (Å²) in [6.07, 6.45) is 0.0596. The molecule has 0 aliphatic heterocycles. The van der Waals surface area contributed by atoms with Crippen molar-refractivity contribution in [1.29, 1.82) is 0 Å². The third kappa shape index (κ3) is 4.46. The minimum atomic E-state index is -4.05. The lowest BCUT2D eigenvalue weighted by atomic mass is 10.1. The van der Waals surface area contributed by atoms with E-state index in [-0.39, 0.29) is 13.0 Å². The van der Waals surface area contributed by atoms with Gasteiger partial charge in [-0.25, -0.2) is 13.1 Å². The number of carboxylic acids is 1. The van der Waals surface area contributed by atoms with Crippen LogP contribution >= 0.6 is 0 Å². The fourth-order valence-corrected chi connectivity index (χ4v) is 2.48. The zero-order valence-corrected chi connectivity index (χ0v) is 11.8. The Morgan fingerprint density at radius 1 is 1.52 bits per heavy atom. The average molecular weight is 320 g/mol. The van der Waals surface area contributed by atoms with Crippen molar-refractivity contribution in [2.24, 2.45) is 5.92 Å². The van der Waals surface area contributed by atoms with Crippen LogP contribution in [0.15, 0.2) is 23.1 Å². The number of aliphatic carboxylic acids is 1. The minimum absolute atomic E-state index is 0.0596. The van der Waals surface area contributed by atoms with Crippen LogP contribution in [-0.2, 0) is 14.8 Å². The summed E-state index contributed by atoms with van der Waals surface area (Å²) in [5.41, 5.74) is -0.826. The molecule has 0 radical (unpaired) electrons. The number of nitro benzene ring substituents is 1. The highest BCUT2D eigenvalue weighted by Gasteiger charge is 2.21. The number of benzene rings is 1. The highest BCUT2D eigenvalue weighted by Crippen LogP contribution is 2.20. The molecular weight excluding hydrogens is 307 g/mol. The van der Waals surface area contributed by atoms with E-state index in [1.165, 1.54) is 6.92 Å². The number of hydrogen-bond acceptors (Lipinski definition) is 5. The quantitative estimate of drug-likeness (QED) is 0.572. The maximum Gasteiger partial charge on any atom is 0.306 e. The van der Waals surface area contributed by atoms with Gasteiger partial charge in [-0.15, -0.1) is 0 Å². The van der Waals surface area contributed by atoms with Crippen LogP contribution in [0.3, 0.4) is 0 Å². The molecule has 1 aromatic rings. The molecule has 0 aromatic heterocycles. The van der Waals surface area contributed by atoms with Crippen molar-refractivity contribution in [2.45, 2.75) is 18.2 Å². The summed E-state index contributed by atoms with van der Waals surface area (Å²) < 4.78 is 39.1. The topological polar surface area (TPSA) is 127 Å². The molecule has 1 aromatic carbocycles. The van der Waals surface area contributed by atoms with Gasteiger partial charge in [0, 0.05) is 18.7 Å². The molecule has 10 heteroatoms. The van der Waals surface area contributed by atoms with E-state index in [0.717, 1.165) is 12.1 Å². The van der Waals surface area contributed by atoms with E-state index in [4.69, 9.17) is 5.11 Å². The smallest absolute Gasteiger partial charge is 0.306 e. The number of rotatable bonds is 7. The monoisotopic (exact) mass is 320 g/mol. The highest BCUT2D eigenvalue weighted by atomic mass is 32.2. The molecule has 0 fully saturated rings. The van der Waals surface area contributed by atoms with Crippen molar-refractivity contribution in [3.8, 4) is 0 Å². The lowest BCUT2D eigenvalue weighted by Gasteiger charge is -2.09. The number of nitrogens with zero attached hydrogens (tertiary/aromatic N) is 1. The molecule has 1 atom stereocenters. The molecule has 8 nitrogen and oxygen atoms in total. The zero-order valence-electron chi connectivity index (χ0n) is 10.9. The molecule has 0 saturated heterocycles. The Morgan fingerprint density at radius 2 is 2.14 bits per heavy atom. The third-order valence-corrected chi connectivity index (χ3v) is 4.18. The Morgan fingerprint density at radius 3 is 2.62 bits per heavy atom. The standard InChI is InChI=1S/C11H13FN2O6S/c1-7(11(15)16)4-5-13-21(19,20)8-2-3-10(14(17)18)9(12)6-8/h2-3,6-7,13H,4-5H2,1H3,(H,15,16). The van der Waals surface area contributed by atoms with Crippen LogP contribution in [0.25, 0.3) is 0 Å². The number of halogens is 1. The van der Waals surface area contributed by atoms with Crippen molar-refractivity contribution >= 4 is 21.7 Å². The SMILES string of the molecule is CC(CCNS(=O)(=O)c1ccc([N+](=O)[O-])c(F)c1)C(=O)O. The van der Waals surface area contributed by atoms with Crippen LogP contribution in [0.2, 0.25) is 0 Å². The van der Waals surface area contributed by atoms with Gasteiger partial charge in [-0.2, -0.15) is 4.39 Å². The van der Waals surface area contributed by atoms with Gasteiger partial charge in [0.2, 0.25) is 15.8 Å². The Bertz CT molecular complexity index is 661. The number of carboxylic acid groups (broad SMARTS) is 1. The summed E-state index contributed by atoms with van der Waals surface area (Å²) in [4.78, 5) is 19.6. The predicted molar refractivity (Wildman–Crippen MR) is 69.7 cm³/mol. The van der Waals surface area contributed by atoms with E-state index < -0.39 is 43.2 Å². The second-order valence-corrected chi connectivity index (χ2v) is 6.06. The molecule has 1 unspecified atom stereocenters. The van der Waals surface area contributed by atoms with Crippen molar-refractivity contribution in [3.63, 3.8) is 0 Å². The molecule has 0 saturated carbocycles. The fourth-order valence-electron chi connectivity index (χ4n) is 1.42. The zero-order chi connectivity index (χ0) is 16.2. The summed E-state index contributed by atoms with van der Waals surface area (Å²) in [6, 6.07) is 2.20. The van der Waals surface area contributed by atoms with Gasteiger partial charge in [0.05, 0.1) is 15.7 Å². The number of carbonyl (C=O) groups is 1. The first kappa shape index (κ1) is 17.0. The maximum atomic E-state index is 13.4. The van der Waals surface area contributed by atoms with Gasteiger partial charge >= 0.3 is 11.7 Å². The summed E-state index contributed by atoms with van der Waals surface area (Å²) in [5, 5.41) is 19.1. The van der Waals surface area contributed by atoms with Crippen LogP contribution < -0.4 is 4.72 Å². The lowest BCUT2D eigenvalue weighted by Crippen LogP contribution is -2.27. The van der Waals surface area contributed by atoms with Crippen molar-refractivity contribution in [1.82, 2.24) is 4.72 Å². The van der Waals surface area contributed by atoms with Gasteiger partial charge in [0.15, 0.2) is 0 Å². The molecule has 0 heterocycles. The van der Waals surface area contributed by atoms with Gasteiger partial charge in [0.1, 0.15) is 0 Å². The van der Waals surface area contributed by atoms with Crippen molar-refractivity contribution < 1.29 is 27.6 Å². The van der Waals surface area contributed by atoms with Crippen molar-refractivity contribution in [2.75, 3.05) is 6.54 Å². The molecule has 0 bridgehead atoms. The second-order valence-electron chi connectivity index (χ2n) is 4.30. The van der Waals surface area contributed by atoms with Gasteiger partial charge in [-0.3, -0.25) is 14.9 Å². The maximum absolute atomic E-state index is 13.4. The molecule has 0 aliphatic rings. The molecule has 0 amide bonds. The summed E-state index contributed by atoms with van der Waals surface area (Å²) >= 11 is 0. The first-order valence-corrected chi connectivity index (χ1v) is 7.30. The molecular formula is C11H13FN2O6S. The van der Waals surface area contributed by atoms with Crippen LogP contribution in [0.4, 0.5) is 10.1 Å². The Hall–Kier alpha value is -2.07. The highest BCUT2D eigenvalue weighted by molar-refractivity contribution is 7.89. The largest absolute Gasteiger partial charge is 0.481 e. The number of sulfonamides is 1. The fraction of sp³-hybridized carbons (Fsp3) is 0.364. The Balaban J connectivity index is 2.82. The predicted octanol–water partition coefficient (Wildman–Crippen LogP) is 1.12. The Labute approximate surface area is 119 Å². The van der Waals surface area contributed by atoms with Crippen LogP contribution in [0.1, 0.15) is 13.3 Å². The van der Waals surface area contributed by atoms with E-state index in [1.54, 1.807) is 0 Å². The van der Waals surface area contributed by atoms with Gasteiger partial charge in [-0.1, -0.05) is 6.92 Å². The number of nitrogens with one attached hydrogen (secondary N) is 1. The van der Waals surface area contributed by atoms with Crippen LogP contribution in [0, 0.1) is 21.8 Å². The second kappa shape index (κ2) is 6.59. The Kier molecular flexibility index (Phi) is 5.33. The van der Waals surface area contributed by atoms with Gasteiger partial charge in [0.25, 0.3) is 0 Å². The third-order valence-electron chi connectivity index (χ3n) is 2.72. The van der Waals surface area contributed by atoms with E-state index in [0.29, 0.717) is 6.07 Å². The minimum Gasteiger partial charge on any atom is -0.481 e. The van der Waals surface area contributed by atoms with Gasteiger partial charge in [-0.05, 0) is 12.5 Å². The molecule has 2 N–H and O–H groups in total. The first-order valence-electron chi connectivity index (χ1n) is 5.81. The van der Waals surface area contributed by atoms with E-state index in [1.807, 2.05) is 0 Å². The number of nitro groups is 1. The van der Waals surface area contributed by atoms with Crippen molar-refractivity contribution in [3.05, 3.63) is 34.1 Å².